The van der Waals surface area contributed by atoms with Gasteiger partial charge in [0.05, 0.1) is 12.6 Å². The Balaban J connectivity index is 2.13. The maximum atomic E-state index is 5.54. The molecular formula is C13H17N3OS. The minimum absolute atomic E-state index is 0.123. The quantitative estimate of drug-likeness (QED) is 0.898. The lowest BCUT2D eigenvalue weighted by Gasteiger charge is -2.15. The molecule has 18 heavy (non-hydrogen) atoms. The maximum absolute atomic E-state index is 5.54. The van der Waals surface area contributed by atoms with Crippen LogP contribution in [0.2, 0.25) is 0 Å². The predicted molar refractivity (Wildman–Crippen MR) is 74.3 cm³/mol. The first-order chi connectivity index (χ1) is 8.70. The summed E-state index contributed by atoms with van der Waals surface area (Å²) < 4.78 is 5.54. The summed E-state index contributed by atoms with van der Waals surface area (Å²) in [6.07, 6.45) is 1.75. The highest BCUT2D eigenvalue weighted by molar-refractivity contribution is 7.09. The van der Waals surface area contributed by atoms with Crippen molar-refractivity contribution in [3.63, 3.8) is 0 Å². The second-order valence-electron chi connectivity index (χ2n) is 3.98. The Bertz CT molecular complexity index is 512. The molecule has 0 aliphatic heterocycles. The molecule has 0 saturated carbocycles. The van der Waals surface area contributed by atoms with Crippen LogP contribution in [0, 0.1) is 6.92 Å². The van der Waals surface area contributed by atoms with Gasteiger partial charge in [0.1, 0.15) is 5.01 Å². The summed E-state index contributed by atoms with van der Waals surface area (Å²) in [6.45, 7) is 6.66. The Morgan fingerprint density at radius 1 is 1.50 bits per heavy atom. The largest absolute Gasteiger partial charge is 0.490 e. The van der Waals surface area contributed by atoms with Crippen LogP contribution in [-0.2, 0) is 0 Å². The molecule has 0 radical (unpaired) electrons. The molecule has 2 rings (SSSR count). The van der Waals surface area contributed by atoms with E-state index in [1.165, 1.54) is 0 Å². The first-order valence-corrected chi connectivity index (χ1v) is 6.85. The number of anilines is 1. The number of ether oxygens (including phenoxy) is 1. The van der Waals surface area contributed by atoms with E-state index in [-0.39, 0.29) is 6.04 Å². The summed E-state index contributed by atoms with van der Waals surface area (Å²) >= 11 is 1.65. The molecule has 0 saturated heterocycles. The number of hydrogen-bond acceptors (Lipinski definition) is 5. The molecule has 2 aromatic heterocycles. The summed E-state index contributed by atoms with van der Waals surface area (Å²) in [5.41, 5.74) is 1.05. The molecule has 0 aromatic carbocycles. The summed E-state index contributed by atoms with van der Waals surface area (Å²) in [5, 5.41) is 6.44. The Labute approximate surface area is 111 Å². The van der Waals surface area contributed by atoms with E-state index in [0.29, 0.717) is 6.61 Å². The van der Waals surface area contributed by atoms with E-state index in [2.05, 4.69) is 27.6 Å². The highest BCUT2D eigenvalue weighted by atomic mass is 32.1. The molecule has 2 aromatic rings. The van der Waals surface area contributed by atoms with Gasteiger partial charge in [-0.1, -0.05) is 0 Å². The zero-order chi connectivity index (χ0) is 13.0. The normalized spacial score (nSPS) is 12.2. The number of thiazole rings is 1. The Morgan fingerprint density at radius 3 is 3.00 bits per heavy atom. The van der Waals surface area contributed by atoms with Crippen molar-refractivity contribution in [2.24, 2.45) is 0 Å². The fourth-order valence-electron chi connectivity index (χ4n) is 1.61. The van der Waals surface area contributed by atoms with Crippen molar-refractivity contribution in [1.29, 1.82) is 0 Å². The van der Waals surface area contributed by atoms with Gasteiger partial charge in [-0.25, -0.2) is 9.97 Å². The van der Waals surface area contributed by atoms with Crippen LogP contribution in [0.15, 0.2) is 23.7 Å². The van der Waals surface area contributed by atoms with Crippen molar-refractivity contribution >= 4 is 17.2 Å². The van der Waals surface area contributed by atoms with Crippen LogP contribution >= 0.6 is 11.3 Å². The van der Waals surface area contributed by atoms with Crippen LogP contribution in [-0.4, -0.2) is 16.6 Å². The Hall–Kier alpha value is -1.62. The third-order valence-corrected chi connectivity index (χ3v) is 3.58. The molecule has 4 nitrogen and oxygen atoms in total. The van der Waals surface area contributed by atoms with Crippen molar-refractivity contribution in [3.05, 3.63) is 34.4 Å². The van der Waals surface area contributed by atoms with Crippen LogP contribution in [0.1, 0.15) is 30.6 Å². The molecule has 1 N–H and O–H groups in total. The van der Waals surface area contributed by atoms with Crippen LogP contribution in [0.3, 0.4) is 0 Å². The van der Waals surface area contributed by atoms with Crippen molar-refractivity contribution in [2.45, 2.75) is 26.8 Å². The Morgan fingerprint density at radius 2 is 2.33 bits per heavy atom. The van der Waals surface area contributed by atoms with Gasteiger partial charge in [-0.05, 0) is 32.9 Å². The van der Waals surface area contributed by atoms with Crippen molar-refractivity contribution < 1.29 is 4.74 Å². The van der Waals surface area contributed by atoms with E-state index < -0.39 is 0 Å². The lowest BCUT2D eigenvalue weighted by atomic mass is 10.3. The lowest BCUT2D eigenvalue weighted by molar-refractivity contribution is 0.340. The Kier molecular flexibility index (Phi) is 4.15. The maximum Gasteiger partial charge on any atom is 0.169 e. The van der Waals surface area contributed by atoms with Gasteiger partial charge < -0.3 is 10.1 Å². The molecule has 0 fully saturated rings. The van der Waals surface area contributed by atoms with Crippen LogP contribution < -0.4 is 10.1 Å². The third kappa shape index (κ3) is 2.98. The molecule has 0 spiro atoms. The summed E-state index contributed by atoms with van der Waals surface area (Å²) in [7, 11) is 0. The van der Waals surface area contributed by atoms with E-state index in [0.717, 1.165) is 22.3 Å². The molecule has 1 atom stereocenters. The van der Waals surface area contributed by atoms with E-state index in [1.54, 1.807) is 17.5 Å². The van der Waals surface area contributed by atoms with Gasteiger partial charge in [-0.3, -0.25) is 0 Å². The number of hydrogen-bond donors (Lipinski definition) is 1. The SMILES string of the molecule is CCOc1cccnc1NC(C)c1nc(C)cs1. The molecule has 0 aliphatic carbocycles. The smallest absolute Gasteiger partial charge is 0.169 e. The third-order valence-electron chi connectivity index (χ3n) is 2.43. The van der Waals surface area contributed by atoms with Gasteiger partial charge in [0.25, 0.3) is 0 Å². The molecule has 96 valence electrons. The monoisotopic (exact) mass is 263 g/mol. The number of aromatic nitrogens is 2. The highest BCUT2D eigenvalue weighted by Crippen LogP contribution is 2.27. The number of nitrogens with one attached hydrogen (secondary N) is 1. The molecule has 2 heterocycles. The number of rotatable bonds is 5. The van der Waals surface area contributed by atoms with Gasteiger partial charge in [-0.2, -0.15) is 0 Å². The lowest BCUT2D eigenvalue weighted by Crippen LogP contribution is -2.09. The number of pyridine rings is 1. The molecule has 0 bridgehead atoms. The molecule has 1 unspecified atom stereocenters. The molecule has 0 aliphatic rings. The average molecular weight is 263 g/mol. The molecular weight excluding hydrogens is 246 g/mol. The second-order valence-corrected chi connectivity index (χ2v) is 4.87. The number of aryl methyl sites for hydroxylation is 1. The van der Waals surface area contributed by atoms with Gasteiger partial charge in [0.2, 0.25) is 0 Å². The summed E-state index contributed by atoms with van der Waals surface area (Å²) in [5.74, 6) is 1.54. The topological polar surface area (TPSA) is 47.0 Å². The van der Waals surface area contributed by atoms with Gasteiger partial charge in [-0.15, -0.1) is 11.3 Å². The first kappa shape index (κ1) is 12.8. The molecule has 5 heteroatoms. The van der Waals surface area contributed by atoms with Crippen molar-refractivity contribution in [3.8, 4) is 5.75 Å². The minimum Gasteiger partial charge on any atom is -0.490 e. The summed E-state index contributed by atoms with van der Waals surface area (Å²) in [4.78, 5) is 8.78. The fourth-order valence-corrected chi connectivity index (χ4v) is 2.41. The molecule has 0 amide bonds. The van der Waals surface area contributed by atoms with E-state index in [4.69, 9.17) is 4.74 Å². The first-order valence-electron chi connectivity index (χ1n) is 5.97. The van der Waals surface area contributed by atoms with Crippen molar-refractivity contribution in [1.82, 2.24) is 9.97 Å². The van der Waals surface area contributed by atoms with Crippen LogP contribution in [0.25, 0.3) is 0 Å². The number of nitrogens with zero attached hydrogens (tertiary/aromatic N) is 2. The van der Waals surface area contributed by atoms with Gasteiger partial charge >= 0.3 is 0 Å². The minimum atomic E-state index is 0.123. The second kappa shape index (κ2) is 5.82. The average Bonchev–Trinajstić information content (AvgIpc) is 2.79. The van der Waals surface area contributed by atoms with E-state index in [9.17, 15) is 0 Å². The van der Waals surface area contributed by atoms with Gasteiger partial charge in [0.15, 0.2) is 11.6 Å². The summed E-state index contributed by atoms with van der Waals surface area (Å²) in [6, 6.07) is 3.91. The van der Waals surface area contributed by atoms with E-state index in [1.807, 2.05) is 26.0 Å². The fraction of sp³-hybridized carbons (Fsp3) is 0.385. The predicted octanol–water partition coefficient (Wildman–Crippen LogP) is 3.42. The standard InChI is InChI=1S/C13H17N3OS/c1-4-17-11-6-5-7-14-12(11)16-10(3)13-15-9(2)8-18-13/h5-8,10H,4H2,1-3H3,(H,14,16). The van der Waals surface area contributed by atoms with Crippen LogP contribution in [0.5, 0.6) is 5.75 Å². The van der Waals surface area contributed by atoms with Crippen molar-refractivity contribution in [2.75, 3.05) is 11.9 Å². The van der Waals surface area contributed by atoms with Gasteiger partial charge in [0, 0.05) is 17.3 Å². The van der Waals surface area contributed by atoms with Crippen LogP contribution in [0.4, 0.5) is 5.82 Å². The van der Waals surface area contributed by atoms with E-state index >= 15 is 0 Å². The zero-order valence-corrected chi connectivity index (χ0v) is 11.6. The zero-order valence-electron chi connectivity index (χ0n) is 10.8. The highest BCUT2D eigenvalue weighted by Gasteiger charge is 2.12.